The number of rotatable bonds is 10. The van der Waals surface area contributed by atoms with Gasteiger partial charge in [0.2, 0.25) is 15.9 Å². The molecule has 0 spiro atoms. The lowest BCUT2D eigenvalue weighted by Gasteiger charge is -2.19. The SMILES string of the molecule is CCN(CC)S(=O)(=O)c1ccc([C@H](C)NCC(=O)Nc2ccccc2C(C)C)cc1. The molecule has 0 bridgehead atoms. The fourth-order valence-corrected chi connectivity index (χ4v) is 4.77. The van der Waals surface area contributed by atoms with Gasteiger partial charge >= 0.3 is 0 Å². The van der Waals surface area contributed by atoms with Gasteiger partial charge in [0.25, 0.3) is 0 Å². The average Bonchev–Trinajstić information content (AvgIpc) is 2.73. The smallest absolute Gasteiger partial charge is 0.243 e. The number of amides is 1. The number of nitrogens with one attached hydrogen (secondary N) is 2. The second-order valence-electron chi connectivity index (χ2n) is 7.55. The molecule has 0 fully saturated rings. The summed E-state index contributed by atoms with van der Waals surface area (Å²) in [5.74, 6) is 0.204. The first-order chi connectivity index (χ1) is 14.2. The Bertz CT molecular complexity index is 936. The molecule has 1 atom stereocenters. The monoisotopic (exact) mass is 431 g/mol. The number of carbonyl (C=O) groups excluding carboxylic acids is 1. The lowest BCUT2D eigenvalue weighted by atomic mass is 10.0. The van der Waals surface area contributed by atoms with E-state index < -0.39 is 10.0 Å². The van der Waals surface area contributed by atoms with Gasteiger partial charge in [-0.3, -0.25) is 4.79 Å². The van der Waals surface area contributed by atoms with Crippen molar-refractivity contribution in [2.75, 3.05) is 25.0 Å². The lowest BCUT2D eigenvalue weighted by molar-refractivity contribution is -0.115. The number of sulfonamides is 1. The Morgan fingerprint density at radius 2 is 1.57 bits per heavy atom. The van der Waals surface area contributed by atoms with Crippen LogP contribution in [0, 0.1) is 0 Å². The first kappa shape index (κ1) is 24.1. The first-order valence-electron chi connectivity index (χ1n) is 10.4. The van der Waals surface area contributed by atoms with Crippen molar-refractivity contribution in [3.8, 4) is 0 Å². The third-order valence-corrected chi connectivity index (χ3v) is 7.21. The van der Waals surface area contributed by atoms with E-state index in [1.54, 1.807) is 24.3 Å². The number of anilines is 1. The number of nitrogens with zero attached hydrogens (tertiary/aromatic N) is 1. The molecular weight excluding hydrogens is 398 g/mol. The van der Waals surface area contributed by atoms with Crippen molar-refractivity contribution >= 4 is 21.6 Å². The molecule has 30 heavy (non-hydrogen) atoms. The van der Waals surface area contributed by atoms with E-state index in [1.165, 1.54) is 4.31 Å². The van der Waals surface area contributed by atoms with Gasteiger partial charge in [-0.15, -0.1) is 0 Å². The van der Waals surface area contributed by atoms with E-state index in [-0.39, 0.29) is 23.4 Å². The second-order valence-corrected chi connectivity index (χ2v) is 9.49. The van der Waals surface area contributed by atoms with E-state index in [0.29, 0.717) is 19.0 Å². The van der Waals surface area contributed by atoms with E-state index in [0.717, 1.165) is 16.8 Å². The summed E-state index contributed by atoms with van der Waals surface area (Å²) in [6.45, 7) is 10.8. The predicted octanol–water partition coefficient (Wildman–Crippen LogP) is 4.13. The van der Waals surface area contributed by atoms with Gasteiger partial charge in [0.15, 0.2) is 0 Å². The molecule has 6 nitrogen and oxygen atoms in total. The minimum atomic E-state index is -3.47. The maximum Gasteiger partial charge on any atom is 0.243 e. The van der Waals surface area contributed by atoms with Crippen LogP contribution in [0.2, 0.25) is 0 Å². The van der Waals surface area contributed by atoms with Crippen LogP contribution < -0.4 is 10.6 Å². The summed E-state index contributed by atoms with van der Waals surface area (Å²) in [5, 5.41) is 6.17. The molecule has 0 aromatic heterocycles. The number of benzene rings is 2. The van der Waals surface area contributed by atoms with Crippen molar-refractivity contribution in [1.29, 1.82) is 0 Å². The molecule has 0 unspecified atom stereocenters. The zero-order valence-electron chi connectivity index (χ0n) is 18.5. The van der Waals surface area contributed by atoms with Crippen LogP contribution in [0.1, 0.15) is 57.7 Å². The van der Waals surface area contributed by atoms with E-state index >= 15 is 0 Å². The van der Waals surface area contributed by atoms with Crippen molar-refractivity contribution in [3.63, 3.8) is 0 Å². The van der Waals surface area contributed by atoms with Gasteiger partial charge in [0, 0.05) is 24.8 Å². The molecule has 164 valence electrons. The highest BCUT2D eigenvalue weighted by atomic mass is 32.2. The van der Waals surface area contributed by atoms with Crippen LogP contribution in [-0.4, -0.2) is 38.3 Å². The number of carbonyl (C=O) groups is 1. The van der Waals surface area contributed by atoms with E-state index in [2.05, 4.69) is 24.5 Å². The summed E-state index contributed by atoms with van der Waals surface area (Å²) >= 11 is 0. The molecular formula is C23H33N3O3S. The molecule has 2 rings (SSSR count). The van der Waals surface area contributed by atoms with Crippen molar-refractivity contribution in [3.05, 3.63) is 59.7 Å². The molecule has 0 aliphatic heterocycles. The number of hydrogen-bond donors (Lipinski definition) is 2. The van der Waals surface area contributed by atoms with Crippen LogP contribution in [0.3, 0.4) is 0 Å². The van der Waals surface area contributed by atoms with Crippen LogP contribution in [0.15, 0.2) is 53.4 Å². The van der Waals surface area contributed by atoms with E-state index in [4.69, 9.17) is 0 Å². The summed E-state index contributed by atoms with van der Waals surface area (Å²) in [6, 6.07) is 14.5. The van der Waals surface area contributed by atoms with Crippen LogP contribution >= 0.6 is 0 Å². The normalized spacial score (nSPS) is 12.9. The summed E-state index contributed by atoms with van der Waals surface area (Å²) in [5.41, 5.74) is 2.85. The van der Waals surface area contributed by atoms with Gasteiger partial charge in [0.05, 0.1) is 11.4 Å². The lowest BCUT2D eigenvalue weighted by Crippen LogP contribution is -2.31. The molecule has 2 aromatic carbocycles. The topological polar surface area (TPSA) is 78.5 Å². The summed E-state index contributed by atoms with van der Waals surface area (Å²) in [4.78, 5) is 12.7. The van der Waals surface area contributed by atoms with Gasteiger partial charge in [-0.1, -0.05) is 58.0 Å². The van der Waals surface area contributed by atoms with Crippen LogP contribution in [0.25, 0.3) is 0 Å². The average molecular weight is 432 g/mol. The number of hydrogen-bond acceptors (Lipinski definition) is 4. The van der Waals surface area contributed by atoms with Gasteiger partial charge in [-0.2, -0.15) is 4.31 Å². The maximum atomic E-state index is 12.6. The molecule has 0 aliphatic rings. The van der Waals surface area contributed by atoms with Crippen molar-refractivity contribution in [1.82, 2.24) is 9.62 Å². The third kappa shape index (κ3) is 5.90. The zero-order chi connectivity index (χ0) is 22.3. The van der Waals surface area contributed by atoms with Crippen LogP contribution in [0.4, 0.5) is 5.69 Å². The Morgan fingerprint density at radius 1 is 0.967 bits per heavy atom. The molecule has 0 radical (unpaired) electrons. The zero-order valence-corrected chi connectivity index (χ0v) is 19.3. The third-order valence-electron chi connectivity index (χ3n) is 5.15. The second kappa shape index (κ2) is 10.7. The summed E-state index contributed by atoms with van der Waals surface area (Å²) in [6.07, 6.45) is 0. The maximum absolute atomic E-state index is 12.6. The highest BCUT2D eigenvalue weighted by molar-refractivity contribution is 7.89. The van der Waals surface area contributed by atoms with Crippen LogP contribution in [-0.2, 0) is 14.8 Å². The molecule has 0 heterocycles. The molecule has 0 saturated heterocycles. The largest absolute Gasteiger partial charge is 0.325 e. The minimum Gasteiger partial charge on any atom is -0.325 e. The van der Waals surface area contributed by atoms with Crippen molar-refractivity contribution in [2.45, 2.75) is 51.5 Å². The molecule has 0 saturated carbocycles. The fraction of sp³-hybridized carbons (Fsp3) is 0.435. The van der Waals surface area contributed by atoms with E-state index in [1.807, 2.05) is 45.0 Å². The van der Waals surface area contributed by atoms with Crippen LogP contribution in [0.5, 0.6) is 0 Å². The standard InChI is InChI=1S/C23H33N3O3S/c1-6-26(7-2)30(28,29)20-14-12-19(13-15-20)18(5)24-16-23(27)25-22-11-9-8-10-21(22)17(3)4/h8-15,17-18,24H,6-7,16H2,1-5H3,(H,25,27)/t18-/m0/s1. The van der Waals surface area contributed by atoms with Crippen molar-refractivity contribution < 1.29 is 13.2 Å². The Hall–Kier alpha value is -2.22. The molecule has 7 heteroatoms. The quantitative estimate of drug-likeness (QED) is 0.593. The molecule has 2 aromatic rings. The molecule has 0 aliphatic carbocycles. The summed E-state index contributed by atoms with van der Waals surface area (Å²) in [7, 11) is -3.47. The Kier molecular flexibility index (Phi) is 8.58. The predicted molar refractivity (Wildman–Crippen MR) is 122 cm³/mol. The fourth-order valence-electron chi connectivity index (χ4n) is 3.31. The Morgan fingerprint density at radius 3 is 2.13 bits per heavy atom. The van der Waals surface area contributed by atoms with Gasteiger partial charge in [-0.25, -0.2) is 8.42 Å². The first-order valence-corrected chi connectivity index (χ1v) is 11.9. The van der Waals surface area contributed by atoms with Crippen molar-refractivity contribution in [2.24, 2.45) is 0 Å². The summed E-state index contributed by atoms with van der Waals surface area (Å²) < 4.78 is 26.6. The van der Waals surface area contributed by atoms with Gasteiger partial charge < -0.3 is 10.6 Å². The molecule has 2 N–H and O–H groups in total. The number of para-hydroxylation sites is 1. The minimum absolute atomic E-state index is 0.0960. The van der Waals surface area contributed by atoms with Gasteiger partial charge in [-0.05, 0) is 42.2 Å². The Balaban J connectivity index is 1.98. The highest BCUT2D eigenvalue weighted by Gasteiger charge is 2.21. The Labute approximate surface area is 180 Å². The van der Waals surface area contributed by atoms with E-state index in [9.17, 15) is 13.2 Å². The highest BCUT2D eigenvalue weighted by Crippen LogP contribution is 2.23. The molecule has 1 amide bonds. The van der Waals surface area contributed by atoms with Gasteiger partial charge in [0.1, 0.15) is 0 Å².